The predicted molar refractivity (Wildman–Crippen MR) is 70.3 cm³/mol. The number of nitrogens with zero attached hydrogens (tertiary/aromatic N) is 1. The Bertz CT molecular complexity index is 297. The Balaban J connectivity index is 2.40. The summed E-state index contributed by atoms with van der Waals surface area (Å²) in [5, 5.41) is 0. The number of aryl methyl sites for hydroxylation is 1. The van der Waals surface area contributed by atoms with Crippen LogP contribution < -0.4 is 5.73 Å². The highest BCUT2D eigenvalue weighted by molar-refractivity contribution is 5.44. The maximum atomic E-state index is 5.91. The van der Waals surface area contributed by atoms with Gasteiger partial charge in [0.2, 0.25) is 0 Å². The van der Waals surface area contributed by atoms with Crippen molar-refractivity contribution in [3.05, 3.63) is 24.0 Å². The maximum absolute atomic E-state index is 5.91. The van der Waals surface area contributed by atoms with Crippen LogP contribution in [0.3, 0.4) is 0 Å². The summed E-state index contributed by atoms with van der Waals surface area (Å²) in [4.78, 5) is 4.13. The fraction of sp³-hybridized carbons (Fsp3) is 0.643. The van der Waals surface area contributed by atoms with E-state index in [4.69, 9.17) is 5.73 Å². The number of nitrogens with two attached hydrogens (primary N) is 1. The van der Waals surface area contributed by atoms with Crippen molar-refractivity contribution < 1.29 is 0 Å². The summed E-state index contributed by atoms with van der Waals surface area (Å²) in [5.41, 5.74) is 8.00. The van der Waals surface area contributed by atoms with E-state index in [-0.39, 0.29) is 0 Å². The Labute approximate surface area is 99.3 Å². The minimum absolute atomic E-state index is 0.847. The summed E-state index contributed by atoms with van der Waals surface area (Å²) in [5.74, 6) is 0.847. The smallest absolute Gasteiger partial charge is 0.0377 e. The first-order valence-corrected chi connectivity index (χ1v) is 6.46. The van der Waals surface area contributed by atoms with Crippen molar-refractivity contribution in [1.82, 2.24) is 4.98 Å². The molecule has 1 rings (SSSR count). The summed E-state index contributed by atoms with van der Waals surface area (Å²) in [7, 11) is 0. The fourth-order valence-corrected chi connectivity index (χ4v) is 2.05. The second-order valence-electron chi connectivity index (χ2n) is 4.53. The average Bonchev–Trinajstić information content (AvgIpc) is 2.31. The molecule has 2 N–H and O–H groups in total. The van der Waals surface area contributed by atoms with E-state index in [0.29, 0.717) is 0 Å². The number of anilines is 1. The van der Waals surface area contributed by atoms with Gasteiger partial charge in [0.05, 0.1) is 0 Å². The van der Waals surface area contributed by atoms with Crippen LogP contribution in [0, 0.1) is 5.92 Å². The van der Waals surface area contributed by atoms with Gasteiger partial charge in [-0.2, -0.15) is 0 Å². The lowest BCUT2D eigenvalue weighted by atomic mass is 9.92. The molecule has 1 heterocycles. The van der Waals surface area contributed by atoms with Crippen LogP contribution >= 0.6 is 0 Å². The Morgan fingerprint density at radius 2 is 2.12 bits per heavy atom. The molecule has 2 heteroatoms. The Kier molecular flexibility index (Phi) is 5.91. The zero-order valence-electron chi connectivity index (χ0n) is 10.6. The number of nitrogen functional groups attached to an aromatic ring is 1. The van der Waals surface area contributed by atoms with Gasteiger partial charge in [0, 0.05) is 18.1 Å². The van der Waals surface area contributed by atoms with E-state index in [1.807, 2.05) is 12.3 Å². The third-order valence-corrected chi connectivity index (χ3v) is 3.31. The zero-order valence-corrected chi connectivity index (χ0v) is 10.6. The molecule has 0 amide bonds. The van der Waals surface area contributed by atoms with E-state index in [1.54, 1.807) is 6.20 Å². The molecule has 0 spiro atoms. The van der Waals surface area contributed by atoms with Crippen LogP contribution in [0.1, 0.15) is 51.5 Å². The molecule has 1 aromatic heterocycles. The van der Waals surface area contributed by atoms with Gasteiger partial charge in [0.25, 0.3) is 0 Å². The lowest BCUT2D eigenvalue weighted by Gasteiger charge is -2.14. The van der Waals surface area contributed by atoms with Crippen molar-refractivity contribution >= 4 is 5.69 Å². The summed E-state index contributed by atoms with van der Waals surface area (Å²) in [6.07, 6.45) is 11.3. The van der Waals surface area contributed by atoms with Gasteiger partial charge in [0.1, 0.15) is 0 Å². The fourth-order valence-electron chi connectivity index (χ4n) is 2.05. The van der Waals surface area contributed by atoms with Crippen molar-refractivity contribution in [3.8, 4) is 0 Å². The highest BCUT2D eigenvalue weighted by atomic mass is 14.7. The van der Waals surface area contributed by atoms with Crippen molar-refractivity contribution in [2.45, 2.75) is 52.4 Å². The van der Waals surface area contributed by atoms with Crippen LogP contribution in [0.15, 0.2) is 18.5 Å². The molecular formula is C14H24N2. The van der Waals surface area contributed by atoms with E-state index in [2.05, 4.69) is 18.8 Å². The monoisotopic (exact) mass is 220 g/mol. The van der Waals surface area contributed by atoms with Crippen LogP contribution in [0.5, 0.6) is 0 Å². The van der Waals surface area contributed by atoms with Gasteiger partial charge in [-0.3, -0.25) is 4.98 Å². The van der Waals surface area contributed by atoms with Gasteiger partial charge in [-0.05, 0) is 30.4 Å². The number of unbranched alkanes of at least 4 members (excludes halogenated alkanes) is 1. The third-order valence-electron chi connectivity index (χ3n) is 3.31. The van der Waals surface area contributed by atoms with Gasteiger partial charge < -0.3 is 5.73 Å². The number of pyridine rings is 1. The molecule has 0 aromatic carbocycles. The summed E-state index contributed by atoms with van der Waals surface area (Å²) in [6, 6.07) is 1.89. The van der Waals surface area contributed by atoms with Gasteiger partial charge in [0.15, 0.2) is 0 Å². The van der Waals surface area contributed by atoms with Crippen molar-refractivity contribution in [3.63, 3.8) is 0 Å². The van der Waals surface area contributed by atoms with Crippen molar-refractivity contribution in [2.75, 3.05) is 5.73 Å². The first-order chi connectivity index (χ1) is 7.77. The van der Waals surface area contributed by atoms with E-state index in [9.17, 15) is 0 Å². The quantitative estimate of drug-likeness (QED) is 0.758. The highest BCUT2D eigenvalue weighted by Crippen LogP contribution is 2.20. The molecule has 0 bridgehead atoms. The van der Waals surface area contributed by atoms with Crippen LogP contribution in [0.4, 0.5) is 5.69 Å². The first kappa shape index (κ1) is 13.0. The lowest BCUT2D eigenvalue weighted by molar-refractivity contribution is 0.422. The molecule has 0 aliphatic heterocycles. The number of aromatic nitrogens is 1. The minimum Gasteiger partial charge on any atom is -0.398 e. The molecule has 1 atom stereocenters. The number of hydrogen-bond donors (Lipinski definition) is 1. The van der Waals surface area contributed by atoms with E-state index >= 15 is 0 Å². The second kappa shape index (κ2) is 7.26. The van der Waals surface area contributed by atoms with Gasteiger partial charge in [-0.15, -0.1) is 0 Å². The Morgan fingerprint density at radius 1 is 1.31 bits per heavy atom. The lowest BCUT2D eigenvalue weighted by Crippen LogP contribution is -2.03. The van der Waals surface area contributed by atoms with E-state index < -0.39 is 0 Å². The average molecular weight is 220 g/mol. The molecule has 0 radical (unpaired) electrons. The van der Waals surface area contributed by atoms with Crippen LogP contribution in [0.2, 0.25) is 0 Å². The molecule has 0 fully saturated rings. The zero-order chi connectivity index (χ0) is 11.8. The Morgan fingerprint density at radius 3 is 2.75 bits per heavy atom. The molecule has 90 valence electrons. The number of hydrogen-bond acceptors (Lipinski definition) is 2. The van der Waals surface area contributed by atoms with E-state index in [1.165, 1.54) is 37.7 Å². The van der Waals surface area contributed by atoms with Gasteiger partial charge in [-0.25, -0.2) is 0 Å². The van der Waals surface area contributed by atoms with Gasteiger partial charge >= 0.3 is 0 Å². The standard InChI is InChI=1S/C14H24N2/c1-3-5-6-12(4-2)7-8-13-11-16-10-9-14(13)15/h9-12H,3-8H2,1-2H3,(H2,15,16). The largest absolute Gasteiger partial charge is 0.398 e. The maximum Gasteiger partial charge on any atom is 0.0377 e. The van der Waals surface area contributed by atoms with Crippen molar-refractivity contribution in [2.24, 2.45) is 5.92 Å². The molecule has 16 heavy (non-hydrogen) atoms. The molecule has 2 nitrogen and oxygen atoms in total. The summed E-state index contributed by atoms with van der Waals surface area (Å²) >= 11 is 0. The second-order valence-corrected chi connectivity index (χ2v) is 4.53. The summed E-state index contributed by atoms with van der Waals surface area (Å²) in [6.45, 7) is 4.54. The molecule has 0 saturated heterocycles. The molecule has 1 aromatic rings. The number of rotatable bonds is 7. The normalized spacial score (nSPS) is 12.6. The molecule has 0 saturated carbocycles. The summed E-state index contributed by atoms with van der Waals surface area (Å²) < 4.78 is 0. The van der Waals surface area contributed by atoms with Crippen molar-refractivity contribution in [1.29, 1.82) is 0 Å². The van der Waals surface area contributed by atoms with E-state index in [0.717, 1.165) is 18.0 Å². The highest BCUT2D eigenvalue weighted by Gasteiger charge is 2.07. The molecule has 0 aliphatic rings. The first-order valence-electron chi connectivity index (χ1n) is 6.46. The van der Waals surface area contributed by atoms with Crippen LogP contribution in [0.25, 0.3) is 0 Å². The SMILES string of the molecule is CCCCC(CC)CCc1cnccc1N. The Hall–Kier alpha value is -1.05. The molecule has 0 aliphatic carbocycles. The molecule has 1 unspecified atom stereocenters. The predicted octanol–water partition coefficient (Wildman–Crippen LogP) is 3.81. The topological polar surface area (TPSA) is 38.9 Å². The van der Waals surface area contributed by atoms with Gasteiger partial charge in [-0.1, -0.05) is 39.5 Å². The van der Waals surface area contributed by atoms with Crippen LogP contribution in [-0.4, -0.2) is 4.98 Å². The minimum atomic E-state index is 0.847. The van der Waals surface area contributed by atoms with Crippen LogP contribution in [-0.2, 0) is 6.42 Å². The third kappa shape index (κ3) is 4.21. The molecular weight excluding hydrogens is 196 g/mol.